The molecule has 2 saturated heterocycles. The predicted octanol–water partition coefficient (Wildman–Crippen LogP) is 3.07. The molecule has 3 aliphatic rings. The van der Waals surface area contributed by atoms with Gasteiger partial charge in [0, 0.05) is 44.6 Å². The second-order valence-electron chi connectivity index (χ2n) is 8.95. The number of amides is 2. The van der Waals surface area contributed by atoms with Gasteiger partial charge in [0.05, 0.1) is 0 Å². The lowest BCUT2D eigenvalue weighted by atomic mass is 9.91. The molecule has 0 saturated carbocycles. The minimum atomic E-state index is 0.183. The van der Waals surface area contributed by atoms with Crippen LogP contribution in [0.25, 0.3) is 0 Å². The zero-order valence-corrected chi connectivity index (χ0v) is 17.8. The highest BCUT2D eigenvalue weighted by molar-refractivity contribution is 5.79. The highest BCUT2D eigenvalue weighted by Crippen LogP contribution is 2.27. The Morgan fingerprint density at radius 2 is 1.59 bits per heavy atom. The molecule has 5 nitrogen and oxygen atoms in total. The first-order valence-electron chi connectivity index (χ1n) is 11.5. The van der Waals surface area contributed by atoms with Crippen molar-refractivity contribution < 1.29 is 9.59 Å². The number of benzene rings is 1. The normalized spacial score (nSPS) is 21.8. The fraction of sp³-hybridized carbons (Fsp3) is 0.667. The Labute approximate surface area is 175 Å². The summed E-state index contributed by atoms with van der Waals surface area (Å²) in [6.07, 6.45) is 6.71. The van der Waals surface area contributed by atoms with E-state index < -0.39 is 0 Å². The molecule has 0 radical (unpaired) electrons. The van der Waals surface area contributed by atoms with Crippen LogP contribution in [-0.4, -0.2) is 65.3 Å². The number of piperidine rings is 2. The van der Waals surface area contributed by atoms with Crippen LogP contribution >= 0.6 is 0 Å². The van der Waals surface area contributed by atoms with Crippen LogP contribution < -0.4 is 0 Å². The van der Waals surface area contributed by atoms with Crippen LogP contribution in [0.3, 0.4) is 0 Å². The summed E-state index contributed by atoms with van der Waals surface area (Å²) in [6, 6.07) is 9.10. The van der Waals surface area contributed by atoms with E-state index in [0.29, 0.717) is 24.3 Å². The van der Waals surface area contributed by atoms with Gasteiger partial charge in [0.1, 0.15) is 0 Å². The molecule has 5 heteroatoms. The van der Waals surface area contributed by atoms with Crippen LogP contribution in [0.4, 0.5) is 0 Å². The molecule has 2 amide bonds. The number of rotatable bonds is 4. The Morgan fingerprint density at radius 1 is 0.897 bits per heavy atom. The molecule has 29 heavy (non-hydrogen) atoms. The van der Waals surface area contributed by atoms with E-state index in [1.807, 2.05) is 4.90 Å². The monoisotopic (exact) mass is 397 g/mol. The van der Waals surface area contributed by atoms with Crippen molar-refractivity contribution in [3.63, 3.8) is 0 Å². The van der Waals surface area contributed by atoms with E-state index in [2.05, 4.69) is 41.0 Å². The van der Waals surface area contributed by atoms with E-state index in [4.69, 9.17) is 0 Å². The SMILES string of the molecule is CCCC(=O)N1CCC(N2CCC(C(=O)N3CCc4ccccc4C3)CC2)CC1. The standard InChI is InChI=1S/C24H35N3O2/c1-2-5-23(28)26-16-11-22(12-17-26)25-13-9-20(10-14-25)24(29)27-15-8-19-6-3-4-7-21(19)18-27/h3-4,6-7,20,22H,2,5,8-18H2,1H3. The van der Waals surface area contributed by atoms with Crippen molar-refractivity contribution in [1.29, 1.82) is 0 Å². The van der Waals surface area contributed by atoms with Crippen molar-refractivity contribution in [2.45, 2.75) is 64.5 Å². The number of nitrogens with zero attached hydrogens (tertiary/aromatic N) is 3. The first-order chi connectivity index (χ1) is 14.2. The third-order valence-electron chi connectivity index (χ3n) is 7.12. The largest absolute Gasteiger partial charge is 0.343 e. The Hall–Kier alpha value is -1.88. The summed E-state index contributed by atoms with van der Waals surface area (Å²) in [7, 11) is 0. The number of fused-ring (bicyclic) bond motifs is 1. The number of carbonyl (C=O) groups is 2. The van der Waals surface area contributed by atoms with Crippen LogP contribution in [0.2, 0.25) is 0 Å². The molecule has 0 spiro atoms. The van der Waals surface area contributed by atoms with E-state index in [1.165, 1.54) is 11.1 Å². The van der Waals surface area contributed by atoms with Crippen LogP contribution in [0.5, 0.6) is 0 Å². The average molecular weight is 398 g/mol. The van der Waals surface area contributed by atoms with Crippen molar-refractivity contribution in [1.82, 2.24) is 14.7 Å². The zero-order valence-electron chi connectivity index (χ0n) is 17.8. The maximum absolute atomic E-state index is 13.1. The molecular weight excluding hydrogens is 362 g/mol. The lowest BCUT2D eigenvalue weighted by Crippen LogP contribution is -2.50. The third-order valence-corrected chi connectivity index (χ3v) is 7.12. The highest BCUT2D eigenvalue weighted by Gasteiger charge is 2.33. The Balaban J connectivity index is 1.24. The van der Waals surface area contributed by atoms with Gasteiger partial charge in [0.25, 0.3) is 0 Å². The Morgan fingerprint density at radius 3 is 2.28 bits per heavy atom. The Kier molecular flexibility index (Phi) is 6.53. The summed E-state index contributed by atoms with van der Waals surface area (Å²) in [5.41, 5.74) is 2.71. The second-order valence-corrected chi connectivity index (χ2v) is 8.95. The van der Waals surface area contributed by atoms with Crippen LogP contribution in [0.15, 0.2) is 24.3 Å². The molecule has 0 atom stereocenters. The number of hydrogen-bond donors (Lipinski definition) is 0. The van der Waals surface area contributed by atoms with Gasteiger partial charge in [-0.15, -0.1) is 0 Å². The molecular formula is C24H35N3O2. The van der Waals surface area contributed by atoms with Gasteiger partial charge >= 0.3 is 0 Å². The first kappa shape index (κ1) is 20.4. The third kappa shape index (κ3) is 4.66. The minimum Gasteiger partial charge on any atom is -0.343 e. The molecule has 0 unspecified atom stereocenters. The van der Waals surface area contributed by atoms with Crippen molar-refractivity contribution in [3.05, 3.63) is 35.4 Å². The molecule has 3 aliphatic heterocycles. The second kappa shape index (κ2) is 9.29. The van der Waals surface area contributed by atoms with Gasteiger partial charge in [0.15, 0.2) is 0 Å². The molecule has 158 valence electrons. The number of likely N-dealkylation sites (tertiary alicyclic amines) is 2. The molecule has 0 aromatic heterocycles. The van der Waals surface area contributed by atoms with E-state index in [9.17, 15) is 9.59 Å². The molecule has 4 rings (SSSR count). The number of carbonyl (C=O) groups excluding carboxylic acids is 2. The zero-order chi connectivity index (χ0) is 20.2. The summed E-state index contributed by atoms with van der Waals surface area (Å²) in [6.45, 7) is 7.55. The van der Waals surface area contributed by atoms with Gasteiger partial charge in [-0.25, -0.2) is 0 Å². The molecule has 1 aromatic rings. The summed E-state index contributed by atoms with van der Waals surface area (Å²) < 4.78 is 0. The summed E-state index contributed by atoms with van der Waals surface area (Å²) in [5, 5.41) is 0. The first-order valence-corrected chi connectivity index (χ1v) is 11.5. The molecule has 0 aliphatic carbocycles. The smallest absolute Gasteiger partial charge is 0.226 e. The van der Waals surface area contributed by atoms with Gasteiger partial charge in [0.2, 0.25) is 11.8 Å². The van der Waals surface area contributed by atoms with E-state index in [-0.39, 0.29) is 5.92 Å². The van der Waals surface area contributed by atoms with E-state index in [0.717, 1.165) is 77.8 Å². The minimum absolute atomic E-state index is 0.183. The Bertz CT molecular complexity index is 719. The van der Waals surface area contributed by atoms with Gasteiger partial charge < -0.3 is 14.7 Å². The summed E-state index contributed by atoms with van der Waals surface area (Å²) >= 11 is 0. The van der Waals surface area contributed by atoms with E-state index >= 15 is 0 Å². The predicted molar refractivity (Wildman–Crippen MR) is 114 cm³/mol. The molecule has 3 heterocycles. The van der Waals surface area contributed by atoms with Crippen LogP contribution in [0, 0.1) is 5.92 Å². The van der Waals surface area contributed by atoms with Crippen molar-refractivity contribution in [2.75, 3.05) is 32.7 Å². The van der Waals surface area contributed by atoms with E-state index in [1.54, 1.807) is 0 Å². The van der Waals surface area contributed by atoms with Crippen LogP contribution in [-0.2, 0) is 22.6 Å². The highest BCUT2D eigenvalue weighted by atomic mass is 16.2. The quantitative estimate of drug-likeness (QED) is 0.784. The van der Waals surface area contributed by atoms with Gasteiger partial charge in [-0.2, -0.15) is 0 Å². The fourth-order valence-corrected chi connectivity index (χ4v) is 5.31. The van der Waals surface area contributed by atoms with Gasteiger partial charge in [-0.05, 0) is 62.7 Å². The van der Waals surface area contributed by atoms with Gasteiger partial charge in [-0.1, -0.05) is 31.2 Å². The molecule has 0 bridgehead atoms. The fourth-order valence-electron chi connectivity index (χ4n) is 5.31. The lowest BCUT2D eigenvalue weighted by molar-refractivity contribution is -0.139. The van der Waals surface area contributed by atoms with Crippen molar-refractivity contribution >= 4 is 11.8 Å². The lowest BCUT2D eigenvalue weighted by Gasteiger charge is -2.42. The summed E-state index contributed by atoms with van der Waals surface area (Å²) in [5.74, 6) is 0.861. The van der Waals surface area contributed by atoms with Crippen molar-refractivity contribution in [3.8, 4) is 0 Å². The van der Waals surface area contributed by atoms with Gasteiger partial charge in [-0.3, -0.25) is 9.59 Å². The maximum atomic E-state index is 13.1. The molecule has 1 aromatic carbocycles. The topological polar surface area (TPSA) is 43.9 Å². The van der Waals surface area contributed by atoms with Crippen LogP contribution in [0.1, 0.15) is 56.6 Å². The molecule has 0 N–H and O–H groups in total. The molecule has 2 fully saturated rings. The average Bonchev–Trinajstić information content (AvgIpc) is 2.78. The maximum Gasteiger partial charge on any atom is 0.226 e. The number of hydrogen-bond acceptors (Lipinski definition) is 3. The summed E-state index contributed by atoms with van der Waals surface area (Å²) in [4.78, 5) is 31.9. The van der Waals surface area contributed by atoms with Crippen molar-refractivity contribution in [2.24, 2.45) is 5.92 Å².